The molecule has 3 rings (SSSR count). The van der Waals surface area contributed by atoms with Crippen molar-refractivity contribution < 1.29 is 14.2 Å². The molecular weight excluding hydrogens is 321 g/mol. The summed E-state index contributed by atoms with van der Waals surface area (Å²) >= 11 is 0. The number of para-hydroxylation sites is 1. The van der Waals surface area contributed by atoms with E-state index in [1.807, 2.05) is 24.3 Å². The molecule has 1 aliphatic rings. The van der Waals surface area contributed by atoms with Gasteiger partial charge in [0, 0.05) is 31.1 Å². The Kier molecular flexibility index (Phi) is 5.50. The first-order valence-electron chi connectivity index (χ1n) is 8.28. The lowest BCUT2D eigenvalue weighted by atomic mass is 10.0. The number of ether oxygens (including phenoxy) is 1. The number of fused-ring (bicyclic) bond motifs is 1. The predicted octanol–water partition coefficient (Wildman–Crippen LogP) is 2.51. The Morgan fingerprint density at radius 2 is 2.16 bits per heavy atom. The smallest absolute Gasteiger partial charge is 0.191 e. The molecule has 0 aliphatic carbocycles. The van der Waals surface area contributed by atoms with Gasteiger partial charge in [0.25, 0.3) is 0 Å². The number of benzene rings is 2. The first-order chi connectivity index (χ1) is 12.2. The molecule has 2 aromatic rings. The summed E-state index contributed by atoms with van der Waals surface area (Å²) in [5.74, 6) is 1.16. The second-order valence-electron chi connectivity index (χ2n) is 5.88. The predicted molar refractivity (Wildman–Crippen MR) is 95.0 cm³/mol. The third-order valence-electron chi connectivity index (χ3n) is 4.23. The highest BCUT2D eigenvalue weighted by atomic mass is 19.1. The van der Waals surface area contributed by atoms with E-state index in [1.54, 1.807) is 19.2 Å². The van der Waals surface area contributed by atoms with Gasteiger partial charge >= 0.3 is 0 Å². The van der Waals surface area contributed by atoms with Crippen LogP contribution in [0.4, 0.5) is 4.39 Å². The van der Waals surface area contributed by atoms with Crippen molar-refractivity contribution in [2.24, 2.45) is 4.99 Å². The highest BCUT2D eigenvalue weighted by molar-refractivity contribution is 5.80. The average molecular weight is 343 g/mol. The molecule has 1 atom stereocenters. The molecule has 6 heteroatoms. The number of aliphatic imine (C=N–C) groups is 1. The molecule has 1 unspecified atom stereocenters. The molecule has 0 spiro atoms. The molecule has 0 fully saturated rings. The van der Waals surface area contributed by atoms with Gasteiger partial charge in [-0.1, -0.05) is 24.3 Å². The van der Waals surface area contributed by atoms with Gasteiger partial charge in [-0.15, -0.1) is 0 Å². The summed E-state index contributed by atoms with van der Waals surface area (Å²) in [5.41, 5.74) is 2.28. The van der Waals surface area contributed by atoms with Crippen LogP contribution in [0.2, 0.25) is 0 Å². The Labute approximate surface area is 146 Å². The van der Waals surface area contributed by atoms with Crippen molar-refractivity contribution in [3.05, 3.63) is 65.0 Å². The number of nitrogens with one attached hydrogen (secondary N) is 2. The van der Waals surface area contributed by atoms with Crippen molar-refractivity contribution in [3.63, 3.8) is 0 Å². The molecule has 25 heavy (non-hydrogen) atoms. The summed E-state index contributed by atoms with van der Waals surface area (Å²) in [6, 6.07) is 12.8. The fourth-order valence-electron chi connectivity index (χ4n) is 2.90. The number of aliphatic hydroxyl groups is 1. The van der Waals surface area contributed by atoms with Crippen LogP contribution < -0.4 is 15.4 Å². The summed E-state index contributed by atoms with van der Waals surface area (Å²) < 4.78 is 19.1. The van der Waals surface area contributed by atoms with E-state index in [0.29, 0.717) is 24.7 Å². The van der Waals surface area contributed by atoms with Crippen LogP contribution in [0.1, 0.15) is 29.2 Å². The maximum atomic E-state index is 13.5. The summed E-state index contributed by atoms with van der Waals surface area (Å²) in [6.45, 7) is 0.826. The van der Waals surface area contributed by atoms with Crippen LogP contribution in [-0.4, -0.2) is 24.7 Å². The van der Waals surface area contributed by atoms with Crippen LogP contribution in [-0.2, 0) is 13.2 Å². The minimum atomic E-state index is -0.396. The number of rotatable bonds is 4. The monoisotopic (exact) mass is 343 g/mol. The zero-order valence-corrected chi connectivity index (χ0v) is 14.1. The molecule has 0 saturated heterocycles. The van der Waals surface area contributed by atoms with Crippen molar-refractivity contribution in [3.8, 4) is 5.75 Å². The quantitative estimate of drug-likeness (QED) is 0.589. The van der Waals surface area contributed by atoms with Gasteiger partial charge in [0.05, 0.1) is 19.3 Å². The van der Waals surface area contributed by atoms with Gasteiger partial charge in [-0.3, -0.25) is 4.99 Å². The third kappa shape index (κ3) is 4.09. The SMILES string of the molecule is CN=C(NCc1ccc(F)c(CO)c1)NC1CCOc2ccccc21. The van der Waals surface area contributed by atoms with Crippen molar-refractivity contribution in [1.29, 1.82) is 0 Å². The number of hydrogen-bond donors (Lipinski definition) is 3. The zero-order valence-electron chi connectivity index (χ0n) is 14.1. The topological polar surface area (TPSA) is 65.9 Å². The van der Waals surface area contributed by atoms with Crippen molar-refractivity contribution in [1.82, 2.24) is 10.6 Å². The Morgan fingerprint density at radius 1 is 1.32 bits per heavy atom. The van der Waals surface area contributed by atoms with Crippen LogP contribution in [0, 0.1) is 5.82 Å². The van der Waals surface area contributed by atoms with Gasteiger partial charge in [-0.05, 0) is 23.8 Å². The molecule has 1 heterocycles. The molecule has 5 nitrogen and oxygen atoms in total. The van der Waals surface area contributed by atoms with Gasteiger partial charge in [0.1, 0.15) is 11.6 Å². The van der Waals surface area contributed by atoms with Crippen LogP contribution in [0.3, 0.4) is 0 Å². The summed E-state index contributed by atoms with van der Waals surface area (Å²) in [6.07, 6.45) is 0.850. The number of nitrogens with zero attached hydrogens (tertiary/aromatic N) is 1. The number of guanidine groups is 1. The van der Waals surface area contributed by atoms with E-state index in [1.165, 1.54) is 6.07 Å². The lowest BCUT2D eigenvalue weighted by molar-refractivity contribution is 0.261. The Morgan fingerprint density at radius 3 is 2.96 bits per heavy atom. The van der Waals surface area contributed by atoms with E-state index in [-0.39, 0.29) is 12.6 Å². The first-order valence-corrected chi connectivity index (χ1v) is 8.28. The molecule has 0 amide bonds. The van der Waals surface area contributed by atoms with Gasteiger partial charge in [0.2, 0.25) is 0 Å². The molecule has 0 saturated carbocycles. The van der Waals surface area contributed by atoms with Crippen LogP contribution in [0.15, 0.2) is 47.5 Å². The van der Waals surface area contributed by atoms with Crippen molar-refractivity contribution >= 4 is 5.96 Å². The van der Waals surface area contributed by atoms with E-state index in [9.17, 15) is 4.39 Å². The fraction of sp³-hybridized carbons (Fsp3) is 0.316. The van der Waals surface area contributed by atoms with Crippen LogP contribution in [0.25, 0.3) is 0 Å². The Hall–Kier alpha value is -2.60. The lowest BCUT2D eigenvalue weighted by Crippen LogP contribution is -2.40. The van der Waals surface area contributed by atoms with Gasteiger partial charge in [-0.2, -0.15) is 0 Å². The first kappa shape index (κ1) is 17.2. The molecule has 0 bridgehead atoms. The molecule has 1 aliphatic heterocycles. The molecule has 2 aromatic carbocycles. The minimum absolute atomic E-state index is 0.123. The number of hydrogen-bond acceptors (Lipinski definition) is 3. The van der Waals surface area contributed by atoms with Crippen molar-refractivity contribution in [2.75, 3.05) is 13.7 Å². The number of halogens is 1. The second kappa shape index (κ2) is 7.98. The van der Waals surface area contributed by atoms with Gasteiger partial charge < -0.3 is 20.5 Å². The fourth-order valence-corrected chi connectivity index (χ4v) is 2.90. The number of aliphatic hydroxyl groups excluding tert-OH is 1. The highest BCUT2D eigenvalue weighted by Gasteiger charge is 2.21. The maximum absolute atomic E-state index is 13.5. The molecule has 0 radical (unpaired) electrons. The molecule has 132 valence electrons. The van der Waals surface area contributed by atoms with Crippen LogP contribution in [0.5, 0.6) is 5.75 Å². The van der Waals surface area contributed by atoms with Crippen LogP contribution >= 0.6 is 0 Å². The van der Waals surface area contributed by atoms with Crippen molar-refractivity contribution in [2.45, 2.75) is 25.6 Å². The normalized spacial score (nSPS) is 16.8. The largest absolute Gasteiger partial charge is 0.493 e. The summed E-state index contributed by atoms with van der Waals surface area (Å²) in [4.78, 5) is 4.26. The standard InChI is InChI=1S/C19H22FN3O2/c1-21-19(22-11-13-6-7-16(20)14(10-13)12-24)23-17-8-9-25-18-5-3-2-4-15(17)18/h2-7,10,17,24H,8-9,11-12H2,1H3,(H2,21,22,23). The molecular formula is C19H22FN3O2. The zero-order chi connectivity index (χ0) is 17.6. The van der Waals surface area contributed by atoms with E-state index >= 15 is 0 Å². The summed E-state index contributed by atoms with van der Waals surface area (Å²) in [7, 11) is 1.71. The van der Waals surface area contributed by atoms with E-state index < -0.39 is 5.82 Å². The third-order valence-corrected chi connectivity index (χ3v) is 4.23. The highest BCUT2D eigenvalue weighted by Crippen LogP contribution is 2.31. The lowest BCUT2D eigenvalue weighted by Gasteiger charge is -2.28. The second-order valence-corrected chi connectivity index (χ2v) is 5.88. The minimum Gasteiger partial charge on any atom is -0.493 e. The Balaban J connectivity index is 1.65. The summed E-state index contributed by atoms with van der Waals surface area (Å²) in [5, 5.41) is 15.8. The van der Waals surface area contributed by atoms with E-state index in [4.69, 9.17) is 9.84 Å². The average Bonchev–Trinajstić information content (AvgIpc) is 2.66. The maximum Gasteiger partial charge on any atom is 0.191 e. The molecule has 3 N–H and O–H groups in total. The van der Waals surface area contributed by atoms with E-state index in [0.717, 1.165) is 23.3 Å². The van der Waals surface area contributed by atoms with E-state index in [2.05, 4.69) is 15.6 Å². The molecule has 0 aromatic heterocycles. The van der Waals surface area contributed by atoms with Gasteiger partial charge in [0.15, 0.2) is 5.96 Å². The van der Waals surface area contributed by atoms with Gasteiger partial charge in [-0.25, -0.2) is 4.39 Å². The Bertz CT molecular complexity index is 764.